The lowest BCUT2D eigenvalue weighted by Crippen LogP contribution is -2.32. The molecule has 6 heteroatoms. The zero-order chi connectivity index (χ0) is 16.8. The number of benzene rings is 2. The largest absolute Gasteiger partial charge is 0.329 e. The second-order valence-corrected chi connectivity index (χ2v) is 5.33. The van der Waals surface area contributed by atoms with Gasteiger partial charge in [-0.25, -0.2) is 5.43 Å². The number of hydrogen-bond donors (Lipinski definition) is 2. The minimum Gasteiger partial charge on any atom is -0.317 e. The Bertz CT molecular complexity index is 772. The highest BCUT2D eigenvalue weighted by Crippen LogP contribution is 2.17. The number of halogens is 1. The lowest BCUT2D eigenvalue weighted by Gasteiger charge is -2.09. The van der Waals surface area contributed by atoms with Crippen molar-refractivity contribution in [2.24, 2.45) is 5.10 Å². The molecule has 5 nitrogen and oxygen atoms in total. The van der Waals surface area contributed by atoms with Gasteiger partial charge < -0.3 is 5.32 Å². The highest BCUT2D eigenvalue weighted by atomic mass is 35.5. The van der Waals surface area contributed by atoms with E-state index in [0.29, 0.717) is 16.3 Å². The Labute approximate surface area is 139 Å². The van der Waals surface area contributed by atoms with Gasteiger partial charge in [-0.15, -0.1) is 0 Å². The highest BCUT2D eigenvalue weighted by molar-refractivity contribution is 6.39. The van der Waals surface area contributed by atoms with Crippen molar-refractivity contribution in [2.75, 3.05) is 5.32 Å². The van der Waals surface area contributed by atoms with Gasteiger partial charge in [0.1, 0.15) is 0 Å². The molecule has 0 saturated carbocycles. The molecule has 118 valence electrons. The van der Waals surface area contributed by atoms with Gasteiger partial charge in [-0.1, -0.05) is 41.9 Å². The Morgan fingerprint density at radius 1 is 1.04 bits per heavy atom. The number of carbonyl (C=O) groups is 2. The Balaban J connectivity index is 1.97. The van der Waals surface area contributed by atoms with Crippen LogP contribution in [0, 0.1) is 13.8 Å². The topological polar surface area (TPSA) is 70.6 Å². The van der Waals surface area contributed by atoms with E-state index >= 15 is 0 Å². The maximum absolute atomic E-state index is 11.9. The quantitative estimate of drug-likeness (QED) is 0.516. The van der Waals surface area contributed by atoms with Crippen LogP contribution in [0.25, 0.3) is 0 Å². The fourth-order valence-corrected chi connectivity index (χ4v) is 2.04. The molecule has 0 atom stereocenters. The van der Waals surface area contributed by atoms with Gasteiger partial charge in [0.15, 0.2) is 0 Å². The fraction of sp³-hybridized carbons (Fsp3) is 0.118. The lowest BCUT2D eigenvalue weighted by molar-refractivity contribution is -0.136. The predicted octanol–water partition coefficient (Wildman–Crippen LogP) is 3.05. The molecule has 0 saturated heterocycles. The van der Waals surface area contributed by atoms with Crippen LogP contribution in [0.4, 0.5) is 5.69 Å². The smallest absolute Gasteiger partial charge is 0.317 e. The second-order valence-electron chi connectivity index (χ2n) is 4.92. The first-order valence-electron chi connectivity index (χ1n) is 6.94. The van der Waals surface area contributed by atoms with E-state index in [0.717, 1.165) is 11.1 Å². The summed E-state index contributed by atoms with van der Waals surface area (Å²) in [5.41, 5.74) is 5.35. The Morgan fingerprint density at radius 2 is 1.78 bits per heavy atom. The Morgan fingerprint density at radius 3 is 2.52 bits per heavy atom. The third-order valence-electron chi connectivity index (χ3n) is 3.33. The monoisotopic (exact) mass is 329 g/mol. The molecule has 0 radical (unpaired) electrons. The fourth-order valence-electron chi connectivity index (χ4n) is 1.86. The highest BCUT2D eigenvalue weighted by Gasteiger charge is 2.14. The van der Waals surface area contributed by atoms with Crippen LogP contribution in [0.2, 0.25) is 5.02 Å². The normalized spacial score (nSPS) is 10.6. The molecule has 2 aromatic rings. The minimum absolute atomic E-state index is 0.505. The van der Waals surface area contributed by atoms with Crippen molar-refractivity contribution in [3.05, 3.63) is 64.2 Å². The number of anilines is 1. The van der Waals surface area contributed by atoms with E-state index in [4.69, 9.17) is 11.6 Å². The number of amides is 2. The summed E-state index contributed by atoms with van der Waals surface area (Å²) in [6, 6.07) is 12.5. The molecular weight excluding hydrogens is 314 g/mol. The summed E-state index contributed by atoms with van der Waals surface area (Å²) in [7, 11) is 0. The molecule has 0 fully saturated rings. The van der Waals surface area contributed by atoms with Gasteiger partial charge in [-0.3, -0.25) is 9.59 Å². The zero-order valence-corrected chi connectivity index (χ0v) is 13.5. The minimum atomic E-state index is -0.853. The van der Waals surface area contributed by atoms with E-state index in [9.17, 15) is 9.59 Å². The third-order valence-corrected chi connectivity index (χ3v) is 3.68. The summed E-state index contributed by atoms with van der Waals surface area (Å²) >= 11 is 5.96. The van der Waals surface area contributed by atoms with E-state index in [2.05, 4.69) is 15.8 Å². The van der Waals surface area contributed by atoms with E-state index in [1.54, 1.807) is 30.3 Å². The number of carbonyl (C=O) groups excluding carboxylic acids is 2. The number of hydrogen-bond acceptors (Lipinski definition) is 3. The third kappa shape index (κ3) is 4.40. The Kier molecular flexibility index (Phi) is 5.49. The molecule has 0 unspecified atom stereocenters. The molecule has 0 aliphatic carbocycles. The zero-order valence-electron chi connectivity index (χ0n) is 12.8. The standard InChI is InChI=1S/C17H16ClN3O2/c1-11-6-5-9-15(12(11)2)20-16(22)17(23)21-19-10-13-7-3-4-8-14(13)18/h3-10H,1-2H3,(H,20,22)(H,21,23)/b19-10-. The van der Waals surface area contributed by atoms with Gasteiger partial charge >= 0.3 is 11.8 Å². The van der Waals surface area contributed by atoms with Crippen molar-refractivity contribution in [2.45, 2.75) is 13.8 Å². The number of nitrogens with one attached hydrogen (secondary N) is 2. The molecule has 0 aromatic heterocycles. The molecule has 0 bridgehead atoms. The molecule has 2 aromatic carbocycles. The number of rotatable bonds is 3. The van der Waals surface area contributed by atoms with E-state index < -0.39 is 11.8 Å². The summed E-state index contributed by atoms with van der Waals surface area (Å²) in [4.78, 5) is 23.6. The molecule has 0 aliphatic heterocycles. The molecule has 0 heterocycles. The number of nitrogens with zero attached hydrogens (tertiary/aromatic N) is 1. The summed E-state index contributed by atoms with van der Waals surface area (Å²) in [5.74, 6) is -1.63. The van der Waals surface area contributed by atoms with Crippen molar-refractivity contribution < 1.29 is 9.59 Å². The first-order valence-corrected chi connectivity index (χ1v) is 7.32. The maximum atomic E-state index is 11.9. The van der Waals surface area contributed by atoms with Gasteiger partial charge in [-0.05, 0) is 37.1 Å². The van der Waals surface area contributed by atoms with Crippen molar-refractivity contribution >= 4 is 35.3 Å². The van der Waals surface area contributed by atoms with Crippen LogP contribution in [-0.2, 0) is 9.59 Å². The summed E-state index contributed by atoms with van der Waals surface area (Å²) in [5, 5.41) is 6.80. The summed E-state index contributed by atoms with van der Waals surface area (Å²) < 4.78 is 0. The molecule has 2 amide bonds. The SMILES string of the molecule is Cc1cccc(NC(=O)C(=O)N/N=C\c2ccccc2Cl)c1C. The van der Waals surface area contributed by atoms with Crippen LogP contribution < -0.4 is 10.7 Å². The van der Waals surface area contributed by atoms with Crippen molar-refractivity contribution in [1.29, 1.82) is 0 Å². The van der Waals surface area contributed by atoms with E-state index in [1.165, 1.54) is 6.21 Å². The van der Waals surface area contributed by atoms with Gasteiger partial charge in [-0.2, -0.15) is 5.10 Å². The summed E-state index contributed by atoms with van der Waals surface area (Å²) in [6.07, 6.45) is 1.38. The molecule has 0 aliphatic rings. The van der Waals surface area contributed by atoms with Crippen LogP contribution in [0.3, 0.4) is 0 Å². The van der Waals surface area contributed by atoms with Crippen molar-refractivity contribution in [3.63, 3.8) is 0 Å². The molecule has 2 N–H and O–H groups in total. The molecular formula is C17H16ClN3O2. The van der Waals surface area contributed by atoms with Crippen molar-refractivity contribution in [3.8, 4) is 0 Å². The number of aryl methyl sites for hydroxylation is 1. The van der Waals surface area contributed by atoms with E-state index in [-0.39, 0.29) is 0 Å². The average Bonchev–Trinajstić information content (AvgIpc) is 2.53. The summed E-state index contributed by atoms with van der Waals surface area (Å²) in [6.45, 7) is 3.80. The van der Waals surface area contributed by atoms with Gasteiger partial charge in [0.05, 0.1) is 6.21 Å². The van der Waals surface area contributed by atoms with Gasteiger partial charge in [0, 0.05) is 16.3 Å². The molecule has 23 heavy (non-hydrogen) atoms. The van der Waals surface area contributed by atoms with Crippen LogP contribution in [0.5, 0.6) is 0 Å². The van der Waals surface area contributed by atoms with E-state index in [1.807, 2.05) is 26.0 Å². The maximum Gasteiger partial charge on any atom is 0.329 e. The van der Waals surface area contributed by atoms with Crippen LogP contribution >= 0.6 is 11.6 Å². The number of hydrazone groups is 1. The van der Waals surface area contributed by atoms with Crippen LogP contribution in [0.15, 0.2) is 47.6 Å². The Hall–Kier alpha value is -2.66. The lowest BCUT2D eigenvalue weighted by atomic mass is 10.1. The first kappa shape index (κ1) is 16.7. The molecule has 2 rings (SSSR count). The van der Waals surface area contributed by atoms with Crippen LogP contribution in [0.1, 0.15) is 16.7 Å². The molecule has 0 spiro atoms. The van der Waals surface area contributed by atoms with Gasteiger partial charge in [0.2, 0.25) is 0 Å². The average molecular weight is 330 g/mol. The predicted molar refractivity (Wildman–Crippen MR) is 91.7 cm³/mol. The van der Waals surface area contributed by atoms with Gasteiger partial charge in [0.25, 0.3) is 0 Å². The van der Waals surface area contributed by atoms with Crippen molar-refractivity contribution in [1.82, 2.24) is 5.43 Å². The van der Waals surface area contributed by atoms with Crippen LogP contribution in [-0.4, -0.2) is 18.0 Å². The second kappa shape index (κ2) is 7.56. The first-order chi connectivity index (χ1) is 11.0.